The van der Waals surface area contributed by atoms with Crippen LogP contribution in [0.2, 0.25) is 0 Å². The number of hydrogen-bond acceptors (Lipinski definition) is 2. The molecule has 0 saturated carbocycles. The highest BCUT2D eigenvalue weighted by molar-refractivity contribution is 5.75. The van der Waals surface area contributed by atoms with Crippen LogP contribution in [0.15, 0.2) is 0 Å². The fourth-order valence-corrected chi connectivity index (χ4v) is 4.59. The van der Waals surface area contributed by atoms with Crippen LogP contribution < -0.4 is 5.32 Å². The molecule has 4 nitrogen and oxygen atoms in total. The zero-order valence-electron chi connectivity index (χ0n) is 24.9. The van der Waals surface area contributed by atoms with E-state index in [0.29, 0.717) is 0 Å². The van der Waals surface area contributed by atoms with E-state index >= 15 is 0 Å². The molecule has 1 amide bonds. The van der Waals surface area contributed by atoms with Crippen molar-refractivity contribution in [1.29, 1.82) is 0 Å². The lowest BCUT2D eigenvalue weighted by molar-refractivity contribution is -0.134. The summed E-state index contributed by atoms with van der Waals surface area (Å²) in [5, 5.41) is 10.5. The van der Waals surface area contributed by atoms with Crippen LogP contribution in [0, 0.1) is 0 Å². The van der Waals surface area contributed by atoms with Crippen molar-refractivity contribution in [1.82, 2.24) is 5.32 Å². The van der Waals surface area contributed by atoms with Crippen molar-refractivity contribution in [2.75, 3.05) is 6.54 Å². The number of amides is 1. The molecule has 2 N–H and O–H groups in total. The summed E-state index contributed by atoms with van der Waals surface area (Å²) >= 11 is 0. The molecule has 0 aromatic carbocycles. The molecule has 4 heteroatoms. The molecule has 0 atom stereocenters. The molecule has 0 aromatic heterocycles. The Labute approximate surface area is 226 Å². The minimum absolute atomic E-state index is 0.272. The zero-order chi connectivity index (χ0) is 27.0. The van der Waals surface area contributed by atoms with Gasteiger partial charge in [-0.3, -0.25) is 9.59 Å². The summed E-state index contributed by atoms with van der Waals surface area (Å²) in [6.45, 7) is 6.53. The maximum Gasteiger partial charge on any atom is 0.300 e. The largest absolute Gasteiger partial charge is 0.481 e. The third-order valence-electron chi connectivity index (χ3n) is 6.86. The summed E-state index contributed by atoms with van der Waals surface area (Å²) in [6.07, 6.45) is 34.9. The number of hydrogen-bond donors (Lipinski definition) is 2. The molecule has 0 aliphatic rings. The van der Waals surface area contributed by atoms with Crippen LogP contribution in [-0.2, 0) is 9.59 Å². The molecule has 0 bridgehead atoms. The van der Waals surface area contributed by atoms with Crippen molar-refractivity contribution in [3.05, 3.63) is 0 Å². The van der Waals surface area contributed by atoms with Gasteiger partial charge in [-0.25, -0.2) is 0 Å². The van der Waals surface area contributed by atoms with Crippen molar-refractivity contribution in [3.8, 4) is 0 Å². The molecular formula is C32H65NO3. The average molecular weight is 512 g/mol. The van der Waals surface area contributed by atoms with Crippen molar-refractivity contribution < 1.29 is 14.7 Å². The monoisotopic (exact) mass is 511 g/mol. The molecule has 36 heavy (non-hydrogen) atoms. The molecule has 216 valence electrons. The topological polar surface area (TPSA) is 66.4 Å². The lowest BCUT2D eigenvalue weighted by Gasteiger charge is -2.06. The van der Waals surface area contributed by atoms with E-state index < -0.39 is 5.97 Å². The highest BCUT2D eigenvalue weighted by Gasteiger charge is 2.01. The van der Waals surface area contributed by atoms with E-state index in [1.807, 2.05) is 0 Å². The standard InChI is InChI=1S/C30H61NO.C2H4O2/c1-3-5-7-9-11-13-14-15-16-17-18-19-21-23-25-27-29-31-30(32)28-26-24-22-20-12-10-8-6-4-2;1-2(3)4/h3-29H2,1-2H3,(H,31,32);1H3,(H,3,4). The predicted molar refractivity (Wildman–Crippen MR) is 158 cm³/mol. The molecule has 0 heterocycles. The Kier molecular flexibility index (Phi) is 35.0. The molecule has 0 rings (SSSR count). The van der Waals surface area contributed by atoms with Crippen LogP contribution in [0.25, 0.3) is 0 Å². The minimum atomic E-state index is -0.833. The van der Waals surface area contributed by atoms with Gasteiger partial charge in [0.2, 0.25) is 5.91 Å². The summed E-state index contributed by atoms with van der Waals surface area (Å²) in [6, 6.07) is 0. The number of carboxylic acid groups (broad SMARTS) is 1. The Bertz CT molecular complexity index is 435. The predicted octanol–water partition coefficient (Wildman–Crippen LogP) is 10.4. The van der Waals surface area contributed by atoms with E-state index in [0.717, 1.165) is 32.7 Å². The molecular weight excluding hydrogens is 446 g/mol. The maximum atomic E-state index is 11.9. The highest BCUT2D eigenvalue weighted by Crippen LogP contribution is 2.14. The van der Waals surface area contributed by atoms with Gasteiger partial charge in [-0.2, -0.15) is 0 Å². The summed E-state index contributed by atoms with van der Waals surface area (Å²) < 4.78 is 0. The Balaban J connectivity index is 0. The van der Waals surface area contributed by atoms with Crippen LogP contribution in [-0.4, -0.2) is 23.5 Å². The molecule has 0 aromatic rings. The molecule has 0 fully saturated rings. The van der Waals surface area contributed by atoms with Crippen molar-refractivity contribution >= 4 is 11.9 Å². The van der Waals surface area contributed by atoms with Gasteiger partial charge in [0, 0.05) is 19.9 Å². The first kappa shape index (κ1) is 37.1. The van der Waals surface area contributed by atoms with Crippen molar-refractivity contribution in [2.45, 2.75) is 188 Å². The van der Waals surface area contributed by atoms with Gasteiger partial charge < -0.3 is 10.4 Å². The Morgan fingerprint density at radius 2 is 0.722 bits per heavy atom. The van der Waals surface area contributed by atoms with E-state index in [2.05, 4.69) is 19.2 Å². The van der Waals surface area contributed by atoms with Gasteiger partial charge in [0.15, 0.2) is 0 Å². The third-order valence-corrected chi connectivity index (χ3v) is 6.86. The summed E-state index contributed by atoms with van der Waals surface area (Å²) in [7, 11) is 0. The van der Waals surface area contributed by atoms with Gasteiger partial charge in [0.1, 0.15) is 0 Å². The quantitative estimate of drug-likeness (QED) is 0.108. The van der Waals surface area contributed by atoms with Gasteiger partial charge >= 0.3 is 0 Å². The van der Waals surface area contributed by atoms with Crippen LogP contribution in [0.3, 0.4) is 0 Å². The Morgan fingerprint density at radius 1 is 0.472 bits per heavy atom. The summed E-state index contributed by atoms with van der Waals surface area (Å²) in [5.74, 6) is -0.561. The minimum Gasteiger partial charge on any atom is -0.481 e. The van der Waals surface area contributed by atoms with Crippen LogP contribution in [0.5, 0.6) is 0 Å². The SMILES string of the molecule is CC(=O)O.CCCCCCCCCCCCCCCCCCNC(=O)CCCCCCCCCCC. The summed E-state index contributed by atoms with van der Waals surface area (Å²) in [5.41, 5.74) is 0. The molecule has 0 spiro atoms. The van der Waals surface area contributed by atoms with E-state index in [4.69, 9.17) is 9.90 Å². The second-order valence-electron chi connectivity index (χ2n) is 10.8. The first-order valence-electron chi connectivity index (χ1n) is 16.0. The molecule has 0 aliphatic heterocycles. The van der Waals surface area contributed by atoms with Gasteiger partial charge in [-0.1, -0.05) is 162 Å². The maximum absolute atomic E-state index is 11.9. The lowest BCUT2D eigenvalue weighted by atomic mass is 10.0. The Hall–Kier alpha value is -1.06. The molecule has 0 radical (unpaired) electrons. The molecule has 0 saturated heterocycles. The van der Waals surface area contributed by atoms with Crippen LogP contribution in [0.1, 0.15) is 188 Å². The highest BCUT2D eigenvalue weighted by atomic mass is 16.4. The second kappa shape index (κ2) is 33.9. The lowest BCUT2D eigenvalue weighted by Crippen LogP contribution is -2.23. The first-order chi connectivity index (χ1) is 17.5. The summed E-state index contributed by atoms with van der Waals surface area (Å²) in [4.78, 5) is 20.9. The van der Waals surface area contributed by atoms with E-state index in [9.17, 15) is 4.79 Å². The Morgan fingerprint density at radius 3 is 1.03 bits per heavy atom. The normalized spacial score (nSPS) is 10.6. The average Bonchev–Trinajstić information content (AvgIpc) is 2.84. The second-order valence-corrected chi connectivity index (χ2v) is 10.8. The number of carbonyl (C=O) groups excluding carboxylic acids is 1. The van der Waals surface area contributed by atoms with Gasteiger partial charge in [-0.05, 0) is 12.8 Å². The fourth-order valence-electron chi connectivity index (χ4n) is 4.59. The van der Waals surface area contributed by atoms with Gasteiger partial charge in [0.05, 0.1) is 0 Å². The number of unbranched alkanes of at least 4 members (excludes halogenated alkanes) is 23. The van der Waals surface area contributed by atoms with Gasteiger partial charge in [-0.15, -0.1) is 0 Å². The van der Waals surface area contributed by atoms with E-state index in [1.165, 1.54) is 148 Å². The number of rotatable bonds is 27. The van der Waals surface area contributed by atoms with Crippen molar-refractivity contribution in [2.24, 2.45) is 0 Å². The number of aliphatic carboxylic acids is 1. The van der Waals surface area contributed by atoms with Crippen LogP contribution >= 0.6 is 0 Å². The number of carbonyl (C=O) groups is 2. The zero-order valence-corrected chi connectivity index (χ0v) is 24.9. The first-order valence-corrected chi connectivity index (χ1v) is 16.0. The third kappa shape index (κ3) is 40.1. The number of carboxylic acids is 1. The molecule has 0 aliphatic carbocycles. The molecule has 0 unspecified atom stereocenters. The number of nitrogens with one attached hydrogen (secondary N) is 1. The van der Waals surface area contributed by atoms with E-state index in [-0.39, 0.29) is 5.91 Å². The van der Waals surface area contributed by atoms with Gasteiger partial charge in [0.25, 0.3) is 5.97 Å². The van der Waals surface area contributed by atoms with E-state index in [1.54, 1.807) is 0 Å². The van der Waals surface area contributed by atoms with Crippen LogP contribution in [0.4, 0.5) is 0 Å². The fraction of sp³-hybridized carbons (Fsp3) is 0.938. The smallest absolute Gasteiger partial charge is 0.300 e. The van der Waals surface area contributed by atoms with Crippen molar-refractivity contribution in [3.63, 3.8) is 0 Å².